The molecule has 0 spiro atoms. The molecule has 3 atom stereocenters. The largest absolute Gasteiger partial charge is 0.493 e. The number of hydrogen-bond donors (Lipinski definition) is 1. The molecule has 0 aliphatic carbocycles. The summed E-state index contributed by atoms with van der Waals surface area (Å²) in [7, 11) is 1.65. The summed E-state index contributed by atoms with van der Waals surface area (Å²) < 4.78 is 25.1. The first-order chi connectivity index (χ1) is 13.9. The molecule has 4 nitrogen and oxygen atoms in total. The zero-order valence-electron chi connectivity index (χ0n) is 17.4. The number of nitrogens with zero attached hydrogens (tertiary/aromatic N) is 1. The third-order valence-electron chi connectivity index (χ3n) is 6.24. The van der Waals surface area contributed by atoms with E-state index in [4.69, 9.17) is 9.47 Å². The summed E-state index contributed by atoms with van der Waals surface area (Å²) in [4.78, 5) is 2.49. The summed E-state index contributed by atoms with van der Waals surface area (Å²) in [5.41, 5.74) is 0.927. The maximum Gasteiger partial charge on any atom is 0.161 e. The van der Waals surface area contributed by atoms with Gasteiger partial charge in [-0.05, 0) is 74.9 Å². The van der Waals surface area contributed by atoms with E-state index >= 15 is 0 Å². The van der Waals surface area contributed by atoms with Crippen molar-refractivity contribution in [3.8, 4) is 11.5 Å². The average Bonchev–Trinajstić information content (AvgIpc) is 2.92. The van der Waals surface area contributed by atoms with E-state index in [-0.39, 0.29) is 11.9 Å². The fraction of sp³-hybridized carbons (Fsp3) is 0.500. The number of piperidine rings is 1. The number of aliphatic hydroxyl groups is 1. The van der Waals surface area contributed by atoms with Crippen LogP contribution in [-0.2, 0) is 12.1 Å². The lowest BCUT2D eigenvalue weighted by atomic mass is 9.80. The molecule has 1 unspecified atom stereocenters. The van der Waals surface area contributed by atoms with E-state index in [1.165, 1.54) is 17.7 Å². The topological polar surface area (TPSA) is 41.9 Å². The Balaban J connectivity index is 1.52. The van der Waals surface area contributed by atoms with Gasteiger partial charge >= 0.3 is 0 Å². The first-order valence-electron chi connectivity index (χ1n) is 10.5. The minimum atomic E-state index is -0.948. The Bertz CT molecular complexity index is 855. The maximum atomic E-state index is 13.7. The number of hydrogen-bond acceptors (Lipinski definition) is 4. The average molecular weight is 400 g/mol. The predicted molar refractivity (Wildman–Crippen MR) is 111 cm³/mol. The van der Waals surface area contributed by atoms with Crippen molar-refractivity contribution in [1.82, 2.24) is 4.90 Å². The molecule has 5 heteroatoms. The van der Waals surface area contributed by atoms with Gasteiger partial charge in [0.05, 0.1) is 18.8 Å². The highest BCUT2D eigenvalue weighted by atomic mass is 19.1. The standard InChI is InChI=1S/C24H30FNO3/c1-16(2)29-23-11-17(7-10-22(23)28-3)15-26-20-8-9-21(26)14-24(27,13-20)18-5-4-6-19(25)12-18/h4-7,10-12,16,20-21,27H,8-9,13-15H2,1-3H3/t20-,21+,24?. The highest BCUT2D eigenvalue weighted by Crippen LogP contribution is 2.46. The minimum Gasteiger partial charge on any atom is -0.493 e. The molecular weight excluding hydrogens is 369 g/mol. The van der Waals surface area contributed by atoms with Gasteiger partial charge in [-0.15, -0.1) is 0 Å². The normalized spacial score (nSPS) is 26.7. The number of fused-ring (bicyclic) bond motifs is 2. The van der Waals surface area contributed by atoms with E-state index in [1.54, 1.807) is 13.2 Å². The molecule has 0 saturated carbocycles. The van der Waals surface area contributed by atoms with Crippen LogP contribution in [0.1, 0.15) is 50.7 Å². The Morgan fingerprint density at radius 2 is 1.83 bits per heavy atom. The van der Waals surface area contributed by atoms with Crippen molar-refractivity contribution in [2.45, 2.75) is 69.9 Å². The van der Waals surface area contributed by atoms with Crippen LogP contribution < -0.4 is 9.47 Å². The summed E-state index contributed by atoms with van der Waals surface area (Å²) in [6.45, 7) is 4.82. The zero-order valence-corrected chi connectivity index (χ0v) is 17.4. The van der Waals surface area contributed by atoms with Crippen LogP contribution in [0.25, 0.3) is 0 Å². The Morgan fingerprint density at radius 1 is 1.10 bits per heavy atom. The predicted octanol–water partition coefficient (Wildman–Crippen LogP) is 4.64. The Kier molecular flexibility index (Phi) is 5.54. The van der Waals surface area contributed by atoms with E-state index < -0.39 is 5.60 Å². The fourth-order valence-electron chi connectivity index (χ4n) is 4.96. The molecule has 2 aliphatic heterocycles. The third-order valence-corrected chi connectivity index (χ3v) is 6.24. The Labute approximate surface area is 172 Å². The lowest BCUT2D eigenvalue weighted by Crippen LogP contribution is -2.49. The third kappa shape index (κ3) is 4.12. The van der Waals surface area contributed by atoms with Crippen LogP contribution in [0.3, 0.4) is 0 Å². The SMILES string of the molecule is COc1ccc(CN2[C@@H]3CC[C@H]2CC(O)(c2cccc(F)c2)C3)cc1OC(C)C. The van der Waals surface area contributed by atoms with Gasteiger partial charge in [-0.1, -0.05) is 18.2 Å². The van der Waals surface area contributed by atoms with Crippen LogP contribution in [0.5, 0.6) is 11.5 Å². The first-order valence-corrected chi connectivity index (χ1v) is 10.5. The summed E-state index contributed by atoms with van der Waals surface area (Å²) >= 11 is 0. The monoisotopic (exact) mass is 399 g/mol. The molecule has 2 aromatic rings. The molecule has 2 heterocycles. The molecule has 2 bridgehead atoms. The van der Waals surface area contributed by atoms with Crippen LogP contribution in [0, 0.1) is 5.82 Å². The molecule has 29 heavy (non-hydrogen) atoms. The van der Waals surface area contributed by atoms with Crippen molar-refractivity contribution in [2.75, 3.05) is 7.11 Å². The van der Waals surface area contributed by atoms with Gasteiger partial charge in [0, 0.05) is 18.6 Å². The highest BCUT2D eigenvalue weighted by Gasteiger charge is 2.48. The van der Waals surface area contributed by atoms with Crippen molar-refractivity contribution >= 4 is 0 Å². The lowest BCUT2D eigenvalue weighted by Gasteiger charge is -2.44. The summed E-state index contributed by atoms with van der Waals surface area (Å²) in [5, 5.41) is 11.3. The second-order valence-corrected chi connectivity index (χ2v) is 8.66. The molecule has 0 amide bonds. The molecule has 2 saturated heterocycles. The molecule has 1 N–H and O–H groups in total. The highest BCUT2D eigenvalue weighted by molar-refractivity contribution is 5.43. The van der Waals surface area contributed by atoms with Gasteiger partial charge in [-0.3, -0.25) is 4.90 Å². The van der Waals surface area contributed by atoms with Crippen molar-refractivity contribution < 1.29 is 19.0 Å². The van der Waals surface area contributed by atoms with Gasteiger partial charge in [-0.25, -0.2) is 4.39 Å². The van der Waals surface area contributed by atoms with Crippen LogP contribution in [0.2, 0.25) is 0 Å². The van der Waals surface area contributed by atoms with Gasteiger partial charge < -0.3 is 14.6 Å². The maximum absolute atomic E-state index is 13.7. The fourth-order valence-corrected chi connectivity index (χ4v) is 4.96. The van der Waals surface area contributed by atoms with E-state index in [0.29, 0.717) is 30.5 Å². The number of benzene rings is 2. The summed E-state index contributed by atoms with van der Waals surface area (Å²) in [6, 6.07) is 13.1. The summed E-state index contributed by atoms with van der Waals surface area (Å²) in [6.07, 6.45) is 3.48. The van der Waals surface area contributed by atoms with Crippen LogP contribution in [0.4, 0.5) is 4.39 Å². The van der Waals surface area contributed by atoms with Crippen LogP contribution in [-0.4, -0.2) is 35.3 Å². The van der Waals surface area contributed by atoms with Gasteiger partial charge in [0.15, 0.2) is 11.5 Å². The van der Waals surface area contributed by atoms with Crippen LogP contribution in [0.15, 0.2) is 42.5 Å². The van der Waals surface area contributed by atoms with Crippen molar-refractivity contribution in [3.63, 3.8) is 0 Å². The molecule has 0 aromatic heterocycles. The number of rotatable bonds is 6. The van der Waals surface area contributed by atoms with Gasteiger partial charge in [0.25, 0.3) is 0 Å². The van der Waals surface area contributed by atoms with Crippen LogP contribution >= 0.6 is 0 Å². The lowest BCUT2D eigenvalue weighted by molar-refractivity contribution is -0.0597. The van der Waals surface area contributed by atoms with E-state index in [0.717, 1.165) is 30.9 Å². The van der Waals surface area contributed by atoms with Crippen molar-refractivity contribution in [1.29, 1.82) is 0 Å². The molecular formula is C24H30FNO3. The second kappa shape index (κ2) is 7.96. The first kappa shape index (κ1) is 20.2. The quantitative estimate of drug-likeness (QED) is 0.769. The number of halogens is 1. The minimum absolute atomic E-state index is 0.0755. The molecule has 0 radical (unpaired) electrons. The smallest absolute Gasteiger partial charge is 0.161 e. The zero-order chi connectivity index (χ0) is 20.6. The molecule has 4 rings (SSSR count). The summed E-state index contributed by atoms with van der Waals surface area (Å²) in [5.74, 6) is 1.21. The van der Waals surface area contributed by atoms with Gasteiger partial charge in [0.2, 0.25) is 0 Å². The second-order valence-electron chi connectivity index (χ2n) is 8.66. The van der Waals surface area contributed by atoms with E-state index in [1.807, 2.05) is 26.0 Å². The van der Waals surface area contributed by atoms with Crippen molar-refractivity contribution in [2.24, 2.45) is 0 Å². The van der Waals surface area contributed by atoms with E-state index in [9.17, 15) is 9.50 Å². The van der Waals surface area contributed by atoms with E-state index in [2.05, 4.69) is 17.0 Å². The Hall–Kier alpha value is -2.11. The van der Waals surface area contributed by atoms with Gasteiger partial charge in [0.1, 0.15) is 5.82 Å². The number of methoxy groups -OCH3 is 1. The molecule has 156 valence electrons. The Morgan fingerprint density at radius 3 is 2.45 bits per heavy atom. The number of ether oxygens (including phenoxy) is 2. The molecule has 2 aliphatic rings. The molecule has 2 fully saturated rings. The van der Waals surface area contributed by atoms with Crippen molar-refractivity contribution in [3.05, 3.63) is 59.4 Å². The molecule has 2 aromatic carbocycles. The van der Waals surface area contributed by atoms with Gasteiger partial charge in [-0.2, -0.15) is 0 Å².